The third kappa shape index (κ3) is 3.36. The second-order valence-corrected chi connectivity index (χ2v) is 7.11. The Bertz CT molecular complexity index is 1470. The smallest absolute Gasteiger partial charge is 0.317 e. The van der Waals surface area contributed by atoms with Crippen LogP contribution >= 0.6 is 0 Å². The first-order chi connectivity index (χ1) is 15.0. The number of hydrogen-bond donors (Lipinski definition) is 0. The largest absolute Gasteiger partial charge is 0.337 e. The lowest BCUT2D eigenvalue weighted by atomic mass is 10.1. The zero-order valence-electron chi connectivity index (χ0n) is 17.1. The fourth-order valence-corrected chi connectivity index (χ4v) is 3.59. The van der Waals surface area contributed by atoms with Crippen LogP contribution in [0, 0.1) is 18.3 Å². The van der Waals surface area contributed by atoms with Crippen LogP contribution in [0.1, 0.15) is 28.4 Å². The molecule has 31 heavy (non-hydrogen) atoms. The molecule has 0 radical (unpaired) electrons. The summed E-state index contributed by atoms with van der Waals surface area (Å²) in [4.78, 5) is 43.3. The normalized spacial score (nSPS) is 10.9. The molecule has 2 heterocycles. The predicted octanol–water partition coefficient (Wildman–Crippen LogP) is 2.43. The van der Waals surface area contributed by atoms with Crippen molar-refractivity contribution in [2.45, 2.75) is 26.9 Å². The Morgan fingerprint density at radius 1 is 1.10 bits per heavy atom. The number of ketones is 1. The lowest BCUT2D eigenvalue weighted by molar-refractivity contribution is 0.0973. The lowest BCUT2D eigenvalue weighted by Crippen LogP contribution is -2.40. The van der Waals surface area contributed by atoms with Crippen LogP contribution in [0.3, 0.4) is 0 Å². The Labute approximate surface area is 177 Å². The van der Waals surface area contributed by atoms with Crippen LogP contribution < -0.4 is 11.2 Å². The highest BCUT2D eigenvalue weighted by molar-refractivity contribution is 5.96. The molecule has 2 aromatic carbocycles. The minimum absolute atomic E-state index is 0.118. The van der Waals surface area contributed by atoms with E-state index in [-0.39, 0.29) is 30.0 Å². The highest BCUT2D eigenvalue weighted by atomic mass is 16.2. The van der Waals surface area contributed by atoms with Crippen molar-refractivity contribution in [2.24, 2.45) is 0 Å². The van der Waals surface area contributed by atoms with Crippen LogP contribution in [-0.4, -0.2) is 24.5 Å². The topological polar surface area (TPSA) is 103 Å². The van der Waals surface area contributed by atoms with E-state index in [0.717, 1.165) is 10.1 Å². The first kappa shape index (κ1) is 20.0. The minimum Gasteiger partial charge on any atom is -0.317 e. The first-order valence-corrected chi connectivity index (χ1v) is 9.76. The molecule has 8 heteroatoms. The second kappa shape index (κ2) is 7.88. The summed E-state index contributed by atoms with van der Waals surface area (Å²) in [6.45, 7) is 3.67. The average Bonchev–Trinajstić information content (AvgIpc) is 3.19. The van der Waals surface area contributed by atoms with E-state index in [2.05, 4.69) is 4.98 Å². The van der Waals surface area contributed by atoms with Crippen molar-refractivity contribution in [1.29, 1.82) is 5.26 Å². The number of hydrogen-bond acceptors (Lipinski definition) is 5. The predicted molar refractivity (Wildman–Crippen MR) is 115 cm³/mol. The van der Waals surface area contributed by atoms with Gasteiger partial charge < -0.3 is 4.57 Å². The van der Waals surface area contributed by atoms with Crippen molar-refractivity contribution >= 4 is 16.9 Å². The molecule has 0 aliphatic heterocycles. The summed E-state index contributed by atoms with van der Waals surface area (Å²) in [6.07, 6.45) is 1.40. The van der Waals surface area contributed by atoms with Crippen LogP contribution in [0.4, 0.5) is 0 Å². The molecule has 154 valence electrons. The molecule has 0 N–H and O–H groups in total. The van der Waals surface area contributed by atoms with Crippen molar-refractivity contribution in [3.05, 3.63) is 92.4 Å². The maximum absolute atomic E-state index is 13.1. The van der Waals surface area contributed by atoms with Gasteiger partial charge >= 0.3 is 5.69 Å². The minimum atomic E-state index is -0.488. The summed E-state index contributed by atoms with van der Waals surface area (Å²) in [6, 6.07) is 15.7. The van der Waals surface area contributed by atoms with Gasteiger partial charge in [0.1, 0.15) is 0 Å². The van der Waals surface area contributed by atoms with E-state index < -0.39 is 11.2 Å². The number of benzene rings is 2. The molecule has 0 bridgehead atoms. The monoisotopic (exact) mass is 413 g/mol. The molecule has 0 spiro atoms. The van der Waals surface area contributed by atoms with E-state index in [0.29, 0.717) is 16.8 Å². The maximum Gasteiger partial charge on any atom is 0.337 e. The number of fused-ring (bicyclic) bond motifs is 1. The molecule has 0 aliphatic rings. The molecular weight excluding hydrogens is 394 g/mol. The molecule has 0 unspecified atom stereocenters. The Morgan fingerprint density at radius 2 is 1.81 bits per heavy atom. The number of nitrogens with zero attached hydrogens (tertiary/aromatic N) is 5. The first-order valence-electron chi connectivity index (χ1n) is 9.76. The highest BCUT2D eigenvalue weighted by Gasteiger charge is 2.20. The van der Waals surface area contributed by atoms with Gasteiger partial charge in [-0.15, -0.1) is 0 Å². The van der Waals surface area contributed by atoms with Crippen molar-refractivity contribution in [2.75, 3.05) is 0 Å². The fraction of sp³-hybridized carbons (Fsp3) is 0.174. The molecular formula is C23H19N5O3. The van der Waals surface area contributed by atoms with Gasteiger partial charge in [0.2, 0.25) is 0 Å². The molecule has 4 rings (SSSR count). The third-order valence-corrected chi connectivity index (χ3v) is 5.22. The molecule has 0 atom stereocenters. The lowest BCUT2D eigenvalue weighted by Gasteiger charge is -2.13. The Hall–Kier alpha value is -4.25. The van der Waals surface area contributed by atoms with Gasteiger partial charge in [0.25, 0.3) is 5.56 Å². The van der Waals surface area contributed by atoms with Gasteiger partial charge in [0, 0.05) is 12.1 Å². The quantitative estimate of drug-likeness (QED) is 0.468. The van der Waals surface area contributed by atoms with Crippen molar-refractivity contribution in [3.63, 3.8) is 0 Å². The highest BCUT2D eigenvalue weighted by Crippen LogP contribution is 2.17. The van der Waals surface area contributed by atoms with E-state index in [1.807, 2.05) is 31.2 Å². The van der Waals surface area contributed by atoms with Crippen LogP contribution in [0.25, 0.3) is 16.9 Å². The Morgan fingerprint density at radius 3 is 2.45 bits per heavy atom. The van der Waals surface area contributed by atoms with Crippen molar-refractivity contribution in [3.8, 4) is 11.8 Å². The standard InChI is InChI=1S/C23H19N5O3/c1-3-27-22(30)20-21(28(23(27)31)18-7-5-4-6-15(18)2)25-14-26(20)13-19(29)17-10-8-16(12-24)9-11-17/h4-11,14H,3,13H2,1-2H3. The molecule has 4 aromatic rings. The number of carbonyl (C=O) groups excluding carboxylic acids is 1. The van der Waals surface area contributed by atoms with Gasteiger partial charge in [-0.1, -0.05) is 30.3 Å². The molecule has 0 fully saturated rings. The molecule has 0 saturated carbocycles. The number of aromatic nitrogens is 4. The maximum atomic E-state index is 13.1. The summed E-state index contributed by atoms with van der Waals surface area (Å²) in [5.41, 5.74) is 1.80. The van der Waals surface area contributed by atoms with Crippen molar-refractivity contribution in [1.82, 2.24) is 18.7 Å². The Balaban J connectivity index is 1.89. The molecule has 0 amide bonds. The van der Waals surface area contributed by atoms with Gasteiger partial charge in [-0.25, -0.2) is 14.3 Å². The summed E-state index contributed by atoms with van der Waals surface area (Å²) in [7, 11) is 0. The third-order valence-electron chi connectivity index (χ3n) is 5.22. The van der Waals surface area contributed by atoms with E-state index >= 15 is 0 Å². The summed E-state index contributed by atoms with van der Waals surface area (Å²) < 4.78 is 4.02. The van der Waals surface area contributed by atoms with Crippen LogP contribution in [0.2, 0.25) is 0 Å². The van der Waals surface area contributed by atoms with E-state index in [1.165, 1.54) is 15.5 Å². The molecule has 0 saturated heterocycles. The number of nitriles is 1. The number of para-hydroxylation sites is 1. The number of rotatable bonds is 5. The second-order valence-electron chi connectivity index (χ2n) is 7.11. The number of imidazole rings is 1. The number of aryl methyl sites for hydroxylation is 1. The van der Waals surface area contributed by atoms with Gasteiger partial charge in [0.15, 0.2) is 16.9 Å². The van der Waals surface area contributed by atoms with Gasteiger partial charge in [-0.05, 0) is 37.6 Å². The molecule has 8 nitrogen and oxygen atoms in total. The zero-order chi connectivity index (χ0) is 22.1. The summed E-state index contributed by atoms with van der Waals surface area (Å²) >= 11 is 0. The zero-order valence-corrected chi connectivity index (χ0v) is 17.1. The Kier molecular flexibility index (Phi) is 5.09. The summed E-state index contributed by atoms with van der Waals surface area (Å²) in [5, 5.41) is 8.92. The van der Waals surface area contributed by atoms with Gasteiger partial charge in [-0.2, -0.15) is 5.26 Å². The van der Waals surface area contributed by atoms with E-state index in [4.69, 9.17) is 5.26 Å². The van der Waals surface area contributed by atoms with Crippen molar-refractivity contribution < 1.29 is 4.79 Å². The molecule has 0 aliphatic carbocycles. The van der Waals surface area contributed by atoms with Crippen LogP contribution in [-0.2, 0) is 13.1 Å². The van der Waals surface area contributed by atoms with Crippen LogP contribution in [0.5, 0.6) is 0 Å². The van der Waals surface area contributed by atoms with Gasteiger partial charge in [0.05, 0.1) is 30.2 Å². The van der Waals surface area contributed by atoms with Crippen LogP contribution in [0.15, 0.2) is 64.4 Å². The average molecular weight is 413 g/mol. The van der Waals surface area contributed by atoms with E-state index in [1.54, 1.807) is 37.3 Å². The van der Waals surface area contributed by atoms with E-state index in [9.17, 15) is 14.4 Å². The SMILES string of the molecule is CCn1c(=O)c2c(ncn2CC(=O)c2ccc(C#N)cc2)n(-c2ccccc2C)c1=O. The fourth-order valence-electron chi connectivity index (χ4n) is 3.59. The van der Waals surface area contributed by atoms with Gasteiger partial charge in [-0.3, -0.25) is 14.2 Å². The molecule has 2 aromatic heterocycles. The number of Topliss-reactive ketones (excluding diaryl/α,β-unsaturated/α-hetero) is 1. The number of carbonyl (C=O) groups is 1. The summed E-state index contributed by atoms with van der Waals surface area (Å²) in [5.74, 6) is -0.236.